The summed E-state index contributed by atoms with van der Waals surface area (Å²) < 4.78 is 0. The molecule has 4 rings (SSSR count). The number of aliphatic carboxylic acids is 1. The van der Waals surface area contributed by atoms with Crippen molar-refractivity contribution in [2.45, 2.75) is 203 Å². The Kier molecular flexibility index (Phi) is 36.1. The molecule has 1 aliphatic heterocycles. The predicted molar refractivity (Wildman–Crippen MR) is 368 cm³/mol. The van der Waals surface area contributed by atoms with Crippen LogP contribution in [0.15, 0.2) is 84.9 Å². The number of unbranched alkanes of at least 4 members (excludes halogenated alkanes) is 3. The van der Waals surface area contributed by atoms with E-state index in [1.807, 2.05) is 13.8 Å². The van der Waals surface area contributed by atoms with Crippen molar-refractivity contribution in [3.05, 3.63) is 102 Å². The van der Waals surface area contributed by atoms with Gasteiger partial charge < -0.3 is 91.0 Å². The second kappa shape index (κ2) is 43.1. The maximum Gasteiger partial charge on any atom is 0.325 e. The van der Waals surface area contributed by atoms with Crippen molar-refractivity contribution < 1.29 is 68.1 Å². The normalized spacial score (nSPS) is 16.2. The molecule has 29 heteroatoms. The summed E-state index contributed by atoms with van der Waals surface area (Å²) in [5.41, 5.74) is 25.2. The highest BCUT2D eigenvalue weighted by Crippen LogP contribution is 2.22. The first-order chi connectivity index (χ1) is 46.3. The fraction of sp³-hybridized carbons (Fsp3) is 0.574. The molecule has 3 aromatic rings. The molecule has 1 fully saturated rings. The number of phenolic OH excluding ortho intramolecular Hbond substituents is 1. The van der Waals surface area contributed by atoms with E-state index < -0.39 is 138 Å². The molecule has 0 bridgehead atoms. The average molecular weight is 1370 g/mol. The molecule has 0 radical (unpaired) electrons. The van der Waals surface area contributed by atoms with Gasteiger partial charge in [-0.25, -0.2) is 0 Å². The van der Waals surface area contributed by atoms with Crippen LogP contribution in [0.3, 0.4) is 0 Å². The molecule has 1 saturated heterocycles. The lowest BCUT2D eigenvalue weighted by Crippen LogP contribution is -2.62. The van der Waals surface area contributed by atoms with Crippen LogP contribution in [0.4, 0.5) is 0 Å². The van der Waals surface area contributed by atoms with Crippen molar-refractivity contribution >= 4 is 76.8 Å². The van der Waals surface area contributed by atoms with Crippen LogP contribution < -0.4 is 70.8 Å². The van der Waals surface area contributed by atoms with Gasteiger partial charge in [0.05, 0.1) is 12.1 Å². The van der Waals surface area contributed by atoms with Crippen molar-refractivity contribution in [2.24, 2.45) is 28.9 Å². The van der Waals surface area contributed by atoms with Gasteiger partial charge in [-0.05, 0) is 164 Å². The van der Waals surface area contributed by atoms with Crippen LogP contribution in [0.2, 0.25) is 0 Å². The topological polar surface area (TPSA) is 464 Å². The van der Waals surface area contributed by atoms with E-state index >= 15 is 9.59 Å². The lowest BCUT2D eigenvalue weighted by atomic mass is 10.0. The number of carboxylic acid groups (broad SMARTS) is 1. The highest BCUT2D eigenvalue weighted by atomic mass is 32.2. The summed E-state index contributed by atoms with van der Waals surface area (Å²) in [5, 5.41) is 54.8. The summed E-state index contributed by atoms with van der Waals surface area (Å²) in [4.78, 5) is 156. The summed E-state index contributed by atoms with van der Waals surface area (Å²) in [6, 6.07) is 9.04. The number of nitrogens with two attached hydrogens (primary N) is 4. The van der Waals surface area contributed by atoms with Crippen molar-refractivity contribution in [3.8, 4) is 5.75 Å². The van der Waals surface area contributed by atoms with E-state index in [1.54, 1.807) is 79.1 Å². The molecule has 12 atom stereocenters. The van der Waals surface area contributed by atoms with Crippen LogP contribution in [-0.2, 0) is 72.0 Å². The first-order valence-corrected chi connectivity index (χ1v) is 34.8. The number of aromatic hydroxyl groups is 1. The van der Waals surface area contributed by atoms with Crippen LogP contribution in [-0.4, -0.2) is 196 Å². The summed E-state index contributed by atoms with van der Waals surface area (Å²) in [5.74, 6) is -8.62. The molecule has 28 nitrogen and oxygen atoms in total. The fourth-order valence-electron chi connectivity index (χ4n) is 11.0. The number of nitrogens with one attached hydrogen (secondary N) is 9. The molecule has 0 aromatic heterocycles. The lowest BCUT2D eigenvalue weighted by molar-refractivity contribution is -0.143. The maximum absolute atomic E-state index is 15.1. The molecule has 97 heavy (non-hydrogen) atoms. The van der Waals surface area contributed by atoms with Gasteiger partial charge in [-0.2, -0.15) is 11.8 Å². The second-order valence-corrected chi connectivity index (χ2v) is 26.0. The molecular weight excluding hydrogens is 1270 g/mol. The van der Waals surface area contributed by atoms with Gasteiger partial charge in [-0.1, -0.05) is 86.6 Å². The number of aliphatic hydroxyl groups is 1. The second-order valence-electron chi connectivity index (χ2n) is 25.0. The monoisotopic (exact) mass is 1370 g/mol. The summed E-state index contributed by atoms with van der Waals surface area (Å²) in [6.07, 6.45) is 3.67. The van der Waals surface area contributed by atoms with E-state index in [1.165, 1.54) is 42.6 Å². The third-order valence-electron chi connectivity index (χ3n) is 16.5. The molecule has 1 heterocycles. The number of aliphatic hydroxyl groups excluding tert-OH is 1. The van der Waals surface area contributed by atoms with E-state index in [4.69, 9.17) is 22.9 Å². The Morgan fingerprint density at radius 2 is 0.907 bits per heavy atom. The smallest absolute Gasteiger partial charge is 0.325 e. The quantitative estimate of drug-likeness (QED) is 0.0325. The molecule has 3 aromatic carbocycles. The number of benzene rings is 3. The van der Waals surface area contributed by atoms with Gasteiger partial charge >= 0.3 is 5.97 Å². The number of amides is 10. The Labute approximate surface area is 572 Å². The van der Waals surface area contributed by atoms with Crippen LogP contribution in [0.5, 0.6) is 5.75 Å². The standard InChI is InChI=1S/C68H104N14O14S/c1-41(2)37-48(72)58(85)81-57(43(4)83)66(93)80-55(39-45-21-10-7-11-22-45)62(89)75-50(24-13-16-33-70)61(88)78-53(38-44-19-8-6-9-20-44)64(91)79-54(40-46-27-29-47(84)30-28-46)63(90)77-52(31-36-97-5)67(94)82-35-18-26-56(82)65(92)76-51(25-14-17-34-71)60(87)74-49(23-12-15-32-69)59(86)73-42(3)68(95)96/h6-11,19-22,27-30,41-43,48-57,83-84H,12-18,23-26,31-40,69-72H2,1-5H3,(H,73,86)(H,74,87)(H,75,89)(H,76,92)(H,77,90)(H,78,88)(H,79,91)(H,80,93)(H,81,85)(H,95,96)/t42-,43+,48-,49-,50?,51-,52?,53?,54?,55?,56+,57?/m0/s1. The molecule has 0 aliphatic carbocycles. The first kappa shape index (κ1) is 81.2. The molecular formula is C68H104N14O14S. The Hall–Kier alpha value is -8.22. The maximum atomic E-state index is 15.1. The van der Waals surface area contributed by atoms with Crippen LogP contribution in [0, 0.1) is 5.92 Å². The first-order valence-electron chi connectivity index (χ1n) is 33.5. The minimum Gasteiger partial charge on any atom is -0.508 e. The zero-order valence-corrected chi connectivity index (χ0v) is 57.3. The van der Waals surface area contributed by atoms with Gasteiger partial charge in [0.25, 0.3) is 0 Å². The predicted octanol–water partition coefficient (Wildman–Crippen LogP) is -0.227. The minimum absolute atomic E-state index is 0.00955. The number of likely N-dealkylation sites (tertiary alicyclic amines) is 1. The van der Waals surface area contributed by atoms with Gasteiger partial charge in [0.2, 0.25) is 59.1 Å². The number of thioether (sulfide) groups is 1. The number of rotatable bonds is 44. The Morgan fingerprint density at radius 1 is 0.505 bits per heavy atom. The van der Waals surface area contributed by atoms with Gasteiger partial charge in [0.1, 0.15) is 66.2 Å². The summed E-state index contributed by atoms with van der Waals surface area (Å²) >= 11 is 1.39. The number of phenols is 1. The van der Waals surface area contributed by atoms with Gasteiger partial charge in [0, 0.05) is 25.8 Å². The van der Waals surface area contributed by atoms with E-state index in [0.29, 0.717) is 80.4 Å². The van der Waals surface area contributed by atoms with Crippen molar-refractivity contribution in [1.82, 2.24) is 52.8 Å². The van der Waals surface area contributed by atoms with Gasteiger partial charge in [-0.15, -0.1) is 0 Å². The number of carbonyl (C=O) groups is 11. The largest absolute Gasteiger partial charge is 0.508 e. The number of nitrogens with zero attached hydrogens (tertiary/aromatic N) is 1. The van der Waals surface area contributed by atoms with E-state index in [2.05, 4.69) is 47.9 Å². The van der Waals surface area contributed by atoms with E-state index in [-0.39, 0.29) is 82.7 Å². The number of carbonyl (C=O) groups excluding carboxylic acids is 10. The van der Waals surface area contributed by atoms with Crippen LogP contribution in [0.25, 0.3) is 0 Å². The molecule has 0 saturated carbocycles. The highest BCUT2D eigenvalue weighted by Gasteiger charge is 2.41. The molecule has 20 N–H and O–H groups in total. The fourth-order valence-corrected chi connectivity index (χ4v) is 11.5. The SMILES string of the molecule is CSCCC(NC(=O)C(Cc1ccc(O)cc1)NC(=O)C(Cc1ccccc1)NC(=O)C(CCCCN)NC(=O)C(Cc1ccccc1)NC(=O)C(NC(=O)[C@@H](N)CC(C)C)[C@@H](C)O)C(=O)N1CCC[C@@H]1C(=O)N[C@@H](CCCCN)C(=O)N[C@@H](CCCCN)C(=O)N[C@@H](C)C(=O)O. The summed E-state index contributed by atoms with van der Waals surface area (Å²) in [7, 11) is 0. The van der Waals surface area contributed by atoms with Crippen LogP contribution >= 0.6 is 11.8 Å². The zero-order valence-electron chi connectivity index (χ0n) is 56.4. The molecule has 6 unspecified atom stereocenters. The molecule has 0 spiro atoms. The van der Waals surface area contributed by atoms with Crippen molar-refractivity contribution in [2.75, 3.05) is 38.2 Å². The van der Waals surface area contributed by atoms with E-state index in [0.717, 1.165) is 0 Å². The lowest BCUT2D eigenvalue weighted by Gasteiger charge is -2.31. The van der Waals surface area contributed by atoms with Gasteiger partial charge in [0.15, 0.2) is 0 Å². The zero-order chi connectivity index (χ0) is 71.6. The number of carboxylic acids is 1. The Bertz CT molecular complexity index is 3010. The molecule has 10 amide bonds. The third kappa shape index (κ3) is 28.4. The van der Waals surface area contributed by atoms with Crippen molar-refractivity contribution in [3.63, 3.8) is 0 Å². The summed E-state index contributed by atoms with van der Waals surface area (Å²) in [6.45, 7) is 7.24. The van der Waals surface area contributed by atoms with Crippen molar-refractivity contribution in [1.29, 1.82) is 0 Å². The Morgan fingerprint density at radius 3 is 1.33 bits per heavy atom. The van der Waals surface area contributed by atoms with Gasteiger partial charge in [-0.3, -0.25) is 52.7 Å². The molecule has 1 aliphatic rings. The third-order valence-corrected chi connectivity index (χ3v) is 17.1. The minimum atomic E-state index is -1.53. The van der Waals surface area contributed by atoms with Crippen LogP contribution in [0.1, 0.15) is 128 Å². The van der Waals surface area contributed by atoms with E-state index in [9.17, 15) is 58.5 Å². The molecule has 536 valence electrons. The Balaban J connectivity index is 1.67. The average Bonchev–Trinajstić information content (AvgIpc) is 1.80. The number of hydrogen-bond acceptors (Lipinski definition) is 18. The highest BCUT2D eigenvalue weighted by molar-refractivity contribution is 7.98. The number of hydrogen-bond donors (Lipinski definition) is 16.